The largest absolute Gasteiger partial charge is 0.497 e. The smallest absolute Gasteiger partial charge is 0.406 e. The van der Waals surface area contributed by atoms with Gasteiger partial charge in [0, 0.05) is 13.1 Å². The summed E-state index contributed by atoms with van der Waals surface area (Å²) in [5, 5.41) is 3.03. The Labute approximate surface area is 156 Å². The highest BCUT2D eigenvalue weighted by Gasteiger charge is 2.31. The van der Waals surface area contributed by atoms with Crippen molar-refractivity contribution in [3.63, 3.8) is 0 Å². The summed E-state index contributed by atoms with van der Waals surface area (Å²) < 4.78 is 43.8. The van der Waals surface area contributed by atoms with Gasteiger partial charge in [-0.15, -0.1) is 0 Å². The zero-order valence-electron chi connectivity index (χ0n) is 14.4. The van der Waals surface area contributed by atoms with Gasteiger partial charge in [0.05, 0.1) is 7.11 Å². The second-order valence-corrected chi connectivity index (χ2v) is 6.17. The van der Waals surface area contributed by atoms with Crippen molar-refractivity contribution < 1.29 is 17.9 Å². The van der Waals surface area contributed by atoms with Crippen molar-refractivity contribution >= 4 is 17.3 Å². The van der Waals surface area contributed by atoms with Crippen LogP contribution >= 0.6 is 12.2 Å². The lowest BCUT2D eigenvalue weighted by Gasteiger charge is -2.27. The summed E-state index contributed by atoms with van der Waals surface area (Å²) in [4.78, 5) is 1.14. The maximum atomic E-state index is 12.9. The average Bonchev–Trinajstić information content (AvgIpc) is 2.61. The van der Waals surface area contributed by atoms with Crippen LogP contribution in [0.3, 0.4) is 0 Å². The topological polar surface area (TPSA) is 24.5 Å². The van der Waals surface area contributed by atoms with Crippen molar-refractivity contribution in [3.8, 4) is 5.75 Å². The summed E-state index contributed by atoms with van der Waals surface area (Å²) >= 11 is 5.19. The van der Waals surface area contributed by atoms with Crippen molar-refractivity contribution in [1.29, 1.82) is 0 Å². The number of nitrogens with one attached hydrogen (secondary N) is 1. The van der Waals surface area contributed by atoms with Crippen LogP contribution in [0, 0.1) is 0 Å². The van der Waals surface area contributed by atoms with Gasteiger partial charge in [-0.3, -0.25) is 0 Å². The predicted molar refractivity (Wildman–Crippen MR) is 100 cm³/mol. The van der Waals surface area contributed by atoms with Gasteiger partial charge in [-0.1, -0.05) is 42.5 Å². The number of halogens is 3. The van der Waals surface area contributed by atoms with Crippen LogP contribution in [0.15, 0.2) is 54.6 Å². The quantitative estimate of drug-likeness (QED) is 0.727. The number of alkyl halides is 3. The number of benzene rings is 2. The molecule has 0 aliphatic rings. The Morgan fingerprint density at radius 3 is 2.27 bits per heavy atom. The minimum atomic E-state index is -4.32. The summed E-state index contributed by atoms with van der Waals surface area (Å²) in [5.41, 5.74) is 1.82. The summed E-state index contributed by atoms with van der Waals surface area (Å²) in [6, 6.07) is 16.5. The van der Waals surface area contributed by atoms with Gasteiger partial charge in [0.1, 0.15) is 12.3 Å². The molecule has 2 aromatic carbocycles. The molecule has 3 nitrogen and oxygen atoms in total. The molecule has 2 aromatic rings. The highest BCUT2D eigenvalue weighted by Crippen LogP contribution is 2.18. The van der Waals surface area contributed by atoms with Gasteiger partial charge in [-0.05, 0) is 41.9 Å². The average molecular weight is 382 g/mol. The molecule has 0 fully saturated rings. The maximum Gasteiger partial charge on any atom is 0.406 e. The fourth-order valence-corrected chi connectivity index (χ4v) is 2.67. The number of thiocarbonyl (C=S) groups is 1. The van der Waals surface area contributed by atoms with Gasteiger partial charge < -0.3 is 15.0 Å². The van der Waals surface area contributed by atoms with Crippen LogP contribution in [0.1, 0.15) is 11.1 Å². The minimum Gasteiger partial charge on any atom is -0.497 e. The lowest BCUT2D eigenvalue weighted by Crippen LogP contribution is -2.44. The van der Waals surface area contributed by atoms with E-state index in [9.17, 15) is 13.2 Å². The number of methoxy groups -OCH3 is 1. The first kappa shape index (κ1) is 20.0. The number of ether oxygens (including phenoxy) is 1. The lowest BCUT2D eigenvalue weighted by molar-refractivity contribution is -0.138. The molecule has 0 saturated carbocycles. The number of hydrogen-bond acceptors (Lipinski definition) is 2. The van der Waals surface area contributed by atoms with Crippen molar-refractivity contribution in [2.24, 2.45) is 0 Å². The van der Waals surface area contributed by atoms with E-state index in [1.165, 1.54) is 0 Å². The Bertz CT molecular complexity index is 690. The van der Waals surface area contributed by atoms with Crippen LogP contribution in [-0.2, 0) is 13.0 Å². The van der Waals surface area contributed by atoms with Gasteiger partial charge in [0.2, 0.25) is 0 Å². The van der Waals surface area contributed by atoms with Crippen LogP contribution in [0.25, 0.3) is 0 Å². The van der Waals surface area contributed by atoms with E-state index in [2.05, 4.69) is 5.32 Å². The fourth-order valence-electron chi connectivity index (χ4n) is 2.44. The molecule has 0 atom stereocenters. The molecule has 0 aliphatic heterocycles. The van der Waals surface area contributed by atoms with E-state index in [0.717, 1.165) is 21.8 Å². The van der Waals surface area contributed by atoms with Gasteiger partial charge in [-0.25, -0.2) is 0 Å². The predicted octanol–water partition coefficient (Wildman–Crippen LogP) is 4.18. The maximum absolute atomic E-state index is 12.9. The van der Waals surface area contributed by atoms with Gasteiger partial charge in [0.15, 0.2) is 5.11 Å². The Morgan fingerprint density at radius 2 is 1.69 bits per heavy atom. The second-order valence-electron chi connectivity index (χ2n) is 5.79. The molecule has 0 aliphatic carbocycles. The van der Waals surface area contributed by atoms with Crippen LogP contribution in [0.2, 0.25) is 0 Å². The van der Waals surface area contributed by atoms with E-state index < -0.39 is 12.7 Å². The van der Waals surface area contributed by atoms with Crippen molar-refractivity contribution in [2.75, 3.05) is 20.2 Å². The first-order chi connectivity index (χ1) is 12.4. The zero-order valence-corrected chi connectivity index (χ0v) is 15.2. The molecule has 0 amide bonds. The molecule has 7 heteroatoms. The molecule has 0 aromatic heterocycles. The molecule has 26 heavy (non-hydrogen) atoms. The summed E-state index contributed by atoms with van der Waals surface area (Å²) in [7, 11) is 1.59. The minimum absolute atomic E-state index is 0.0969. The zero-order chi connectivity index (χ0) is 19.0. The normalized spacial score (nSPS) is 11.1. The molecular weight excluding hydrogens is 361 g/mol. The molecule has 0 bridgehead atoms. The van der Waals surface area contributed by atoms with E-state index >= 15 is 0 Å². The van der Waals surface area contributed by atoms with Gasteiger partial charge in [-0.2, -0.15) is 13.2 Å². The molecule has 2 rings (SSSR count). The van der Waals surface area contributed by atoms with E-state index in [-0.39, 0.29) is 11.7 Å². The molecule has 0 heterocycles. The second kappa shape index (κ2) is 9.43. The van der Waals surface area contributed by atoms with Crippen LogP contribution in [0.4, 0.5) is 13.2 Å². The molecule has 0 spiro atoms. The third-order valence-electron chi connectivity index (χ3n) is 3.72. The van der Waals surface area contributed by atoms with E-state index in [4.69, 9.17) is 17.0 Å². The standard InChI is InChI=1S/C19H21F3N2OS/c1-25-17-9-7-15(8-10-17)11-12-23-18(26)24(14-19(20,21)22)13-16-5-3-2-4-6-16/h2-10H,11-14H2,1H3,(H,23,26). The molecule has 0 unspecified atom stereocenters. The molecule has 1 N–H and O–H groups in total. The van der Waals surface area contributed by atoms with Crippen LogP contribution in [0.5, 0.6) is 5.75 Å². The highest BCUT2D eigenvalue weighted by atomic mass is 32.1. The third kappa shape index (κ3) is 6.92. The molecule has 0 radical (unpaired) electrons. The monoisotopic (exact) mass is 382 g/mol. The van der Waals surface area contributed by atoms with E-state index in [1.807, 2.05) is 30.3 Å². The molecular formula is C19H21F3N2OS. The lowest BCUT2D eigenvalue weighted by atomic mass is 10.1. The summed E-state index contributed by atoms with van der Waals surface area (Å²) in [6.45, 7) is -0.528. The van der Waals surface area contributed by atoms with E-state index in [1.54, 1.807) is 31.4 Å². The first-order valence-electron chi connectivity index (χ1n) is 8.14. The van der Waals surface area contributed by atoms with Gasteiger partial charge >= 0.3 is 6.18 Å². The number of rotatable bonds is 7. The van der Waals surface area contributed by atoms with Crippen molar-refractivity contribution in [1.82, 2.24) is 10.2 Å². The summed E-state index contributed by atoms with van der Waals surface area (Å²) in [5.74, 6) is 0.761. The highest BCUT2D eigenvalue weighted by molar-refractivity contribution is 7.80. The summed E-state index contributed by atoms with van der Waals surface area (Å²) in [6.07, 6.45) is -3.67. The van der Waals surface area contributed by atoms with Crippen molar-refractivity contribution in [3.05, 3.63) is 65.7 Å². The van der Waals surface area contributed by atoms with Crippen molar-refractivity contribution in [2.45, 2.75) is 19.1 Å². The SMILES string of the molecule is COc1ccc(CCNC(=S)N(Cc2ccccc2)CC(F)(F)F)cc1. The first-order valence-corrected chi connectivity index (χ1v) is 8.54. The Balaban J connectivity index is 1.92. The Morgan fingerprint density at radius 1 is 1.04 bits per heavy atom. The van der Waals surface area contributed by atoms with Gasteiger partial charge in [0.25, 0.3) is 0 Å². The number of hydrogen-bond donors (Lipinski definition) is 1. The fraction of sp³-hybridized carbons (Fsp3) is 0.316. The van der Waals surface area contributed by atoms with E-state index in [0.29, 0.717) is 13.0 Å². The Kier molecular flexibility index (Phi) is 7.26. The molecule has 0 saturated heterocycles. The number of nitrogens with zero attached hydrogens (tertiary/aromatic N) is 1. The van der Waals surface area contributed by atoms with Crippen LogP contribution < -0.4 is 10.1 Å². The third-order valence-corrected chi connectivity index (χ3v) is 4.13. The Hall–Kier alpha value is -2.28. The van der Waals surface area contributed by atoms with Crippen LogP contribution in [-0.4, -0.2) is 36.4 Å². The molecule has 140 valence electrons.